The topological polar surface area (TPSA) is 75.2 Å². The minimum absolute atomic E-state index is 0.0323. The van der Waals surface area contributed by atoms with E-state index in [4.69, 9.17) is 0 Å². The van der Waals surface area contributed by atoms with E-state index in [0.717, 1.165) is 26.5 Å². The minimum atomic E-state index is -0.103. The van der Waals surface area contributed by atoms with Gasteiger partial charge in [0.05, 0.1) is 10.7 Å². The molecule has 0 aliphatic carbocycles. The molecule has 0 spiro atoms. The summed E-state index contributed by atoms with van der Waals surface area (Å²) in [5, 5.41) is 3.88. The summed E-state index contributed by atoms with van der Waals surface area (Å²) in [4.78, 5) is 36.7. The fourth-order valence-corrected chi connectivity index (χ4v) is 4.73. The Morgan fingerprint density at radius 2 is 2.04 bits per heavy atom. The smallest absolute Gasteiger partial charge is 0.265 e. The molecule has 150 valence electrons. The number of rotatable bonds is 5. The number of amides is 2. The van der Waals surface area contributed by atoms with Crippen LogP contribution in [0, 0.1) is 18.8 Å². The number of nitrogens with one attached hydrogen (secondary N) is 1. The number of hydrogen-bond donors (Lipinski definition) is 1. The van der Waals surface area contributed by atoms with Gasteiger partial charge < -0.3 is 10.2 Å². The first-order valence-electron chi connectivity index (χ1n) is 9.51. The molecule has 28 heavy (non-hydrogen) atoms. The lowest BCUT2D eigenvalue weighted by molar-refractivity contribution is -0.121. The molecule has 1 aliphatic heterocycles. The quantitative estimate of drug-likeness (QED) is 0.715. The van der Waals surface area contributed by atoms with Crippen LogP contribution in [0.3, 0.4) is 0 Å². The maximum atomic E-state index is 12.9. The number of nitrogens with zero attached hydrogens (tertiary/aromatic N) is 3. The lowest BCUT2D eigenvalue weighted by atomic mass is 9.95. The van der Waals surface area contributed by atoms with Gasteiger partial charge in [0.15, 0.2) is 0 Å². The predicted molar refractivity (Wildman–Crippen MR) is 115 cm³/mol. The molecular formula is C20H25BrN4O2S. The first kappa shape index (κ1) is 20.9. The molecule has 1 saturated heterocycles. The Morgan fingerprint density at radius 3 is 2.64 bits per heavy atom. The second-order valence-corrected chi connectivity index (χ2v) is 9.54. The van der Waals surface area contributed by atoms with Gasteiger partial charge in [-0.05, 0) is 53.7 Å². The van der Waals surface area contributed by atoms with Gasteiger partial charge in [-0.1, -0.05) is 13.8 Å². The SMILES string of the molecule is Cc1nc(CC(C)C)sc1C(=O)N1CCC(C(=O)Nc2ccc(Br)cn2)CC1. The number of piperidine rings is 1. The maximum Gasteiger partial charge on any atom is 0.265 e. The van der Waals surface area contributed by atoms with Crippen molar-refractivity contribution in [3.8, 4) is 0 Å². The molecule has 2 amide bonds. The summed E-state index contributed by atoms with van der Waals surface area (Å²) < 4.78 is 0.868. The molecule has 6 nitrogen and oxygen atoms in total. The van der Waals surface area contributed by atoms with Crippen LogP contribution in [0.25, 0.3) is 0 Å². The van der Waals surface area contributed by atoms with Crippen LogP contribution in [-0.2, 0) is 11.2 Å². The van der Waals surface area contributed by atoms with Gasteiger partial charge in [-0.3, -0.25) is 9.59 Å². The van der Waals surface area contributed by atoms with Crippen molar-refractivity contribution in [1.82, 2.24) is 14.9 Å². The normalized spacial score (nSPS) is 15.1. The largest absolute Gasteiger partial charge is 0.338 e. The highest BCUT2D eigenvalue weighted by Crippen LogP contribution is 2.26. The first-order chi connectivity index (χ1) is 13.3. The molecule has 3 rings (SSSR count). The van der Waals surface area contributed by atoms with E-state index in [-0.39, 0.29) is 17.7 Å². The van der Waals surface area contributed by atoms with E-state index in [9.17, 15) is 9.59 Å². The highest BCUT2D eigenvalue weighted by atomic mass is 79.9. The van der Waals surface area contributed by atoms with Gasteiger partial charge in [0.25, 0.3) is 5.91 Å². The van der Waals surface area contributed by atoms with Crippen molar-refractivity contribution in [3.05, 3.63) is 38.4 Å². The lowest BCUT2D eigenvalue weighted by Crippen LogP contribution is -2.41. The van der Waals surface area contributed by atoms with Crippen LogP contribution in [0.2, 0.25) is 0 Å². The number of thiazole rings is 1. The van der Waals surface area contributed by atoms with Crippen LogP contribution in [0.4, 0.5) is 5.82 Å². The molecule has 0 bridgehead atoms. The molecule has 0 radical (unpaired) electrons. The van der Waals surface area contributed by atoms with Gasteiger partial charge in [-0.15, -0.1) is 11.3 Å². The van der Waals surface area contributed by atoms with Crippen LogP contribution < -0.4 is 5.32 Å². The van der Waals surface area contributed by atoms with Crippen molar-refractivity contribution in [1.29, 1.82) is 0 Å². The van der Waals surface area contributed by atoms with Crippen molar-refractivity contribution < 1.29 is 9.59 Å². The van der Waals surface area contributed by atoms with Gasteiger partial charge >= 0.3 is 0 Å². The number of carbonyl (C=O) groups is 2. The minimum Gasteiger partial charge on any atom is -0.338 e. The Morgan fingerprint density at radius 1 is 1.32 bits per heavy atom. The summed E-state index contributed by atoms with van der Waals surface area (Å²) in [5.41, 5.74) is 0.812. The predicted octanol–water partition coefficient (Wildman–Crippen LogP) is 4.30. The summed E-state index contributed by atoms with van der Waals surface area (Å²) in [6, 6.07) is 3.61. The third-order valence-corrected chi connectivity index (χ3v) is 6.39. The fraction of sp³-hybridized carbons (Fsp3) is 0.500. The average Bonchev–Trinajstić information content (AvgIpc) is 3.02. The van der Waals surface area contributed by atoms with Gasteiger partial charge in [-0.25, -0.2) is 9.97 Å². The zero-order valence-electron chi connectivity index (χ0n) is 16.4. The highest BCUT2D eigenvalue weighted by Gasteiger charge is 2.29. The number of aryl methyl sites for hydroxylation is 1. The summed E-state index contributed by atoms with van der Waals surface area (Å²) in [6.07, 6.45) is 3.86. The molecule has 0 unspecified atom stereocenters. The molecular weight excluding hydrogens is 440 g/mol. The summed E-state index contributed by atoms with van der Waals surface area (Å²) in [5.74, 6) is 0.967. The van der Waals surface area contributed by atoms with E-state index in [0.29, 0.717) is 37.7 Å². The third-order valence-electron chi connectivity index (χ3n) is 4.75. The Labute approximate surface area is 177 Å². The molecule has 3 heterocycles. The number of pyridine rings is 1. The Bertz CT molecular complexity index is 842. The van der Waals surface area contributed by atoms with E-state index >= 15 is 0 Å². The molecule has 2 aromatic rings. The van der Waals surface area contributed by atoms with Crippen molar-refractivity contribution in [3.63, 3.8) is 0 Å². The zero-order valence-corrected chi connectivity index (χ0v) is 18.8. The fourth-order valence-electron chi connectivity index (χ4n) is 3.25. The van der Waals surface area contributed by atoms with Gasteiger partial charge in [0.2, 0.25) is 5.91 Å². The summed E-state index contributed by atoms with van der Waals surface area (Å²) in [6.45, 7) is 7.37. The van der Waals surface area contributed by atoms with Crippen LogP contribution in [0.1, 0.15) is 47.1 Å². The Hall–Kier alpha value is -1.80. The van der Waals surface area contributed by atoms with Crippen molar-refractivity contribution >= 4 is 44.9 Å². The Kier molecular flexibility index (Phi) is 6.82. The number of carbonyl (C=O) groups excluding carboxylic acids is 2. The molecule has 1 aliphatic rings. The van der Waals surface area contributed by atoms with Crippen molar-refractivity contribution in [2.45, 2.75) is 40.0 Å². The second kappa shape index (κ2) is 9.13. The van der Waals surface area contributed by atoms with Crippen molar-refractivity contribution in [2.75, 3.05) is 18.4 Å². The third kappa shape index (κ3) is 5.17. The zero-order chi connectivity index (χ0) is 20.3. The number of halogens is 1. The van der Waals surface area contributed by atoms with Crippen LogP contribution in [0.5, 0.6) is 0 Å². The standard InChI is InChI=1S/C20H25BrN4O2S/c1-12(2)10-17-23-13(3)18(28-17)20(27)25-8-6-14(7-9-25)19(26)24-16-5-4-15(21)11-22-16/h4-5,11-12,14H,6-10H2,1-3H3,(H,22,24,26). The van der Waals surface area contributed by atoms with E-state index in [1.165, 1.54) is 11.3 Å². The van der Waals surface area contributed by atoms with E-state index in [2.05, 4.69) is 45.1 Å². The molecule has 2 aromatic heterocycles. The molecule has 0 atom stereocenters. The van der Waals surface area contributed by atoms with E-state index in [1.807, 2.05) is 17.9 Å². The van der Waals surface area contributed by atoms with Crippen LogP contribution in [-0.4, -0.2) is 39.8 Å². The summed E-state index contributed by atoms with van der Waals surface area (Å²) in [7, 11) is 0. The number of likely N-dealkylation sites (tertiary alicyclic amines) is 1. The molecule has 1 fully saturated rings. The molecule has 1 N–H and O–H groups in total. The van der Waals surface area contributed by atoms with E-state index < -0.39 is 0 Å². The van der Waals surface area contributed by atoms with E-state index in [1.54, 1.807) is 12.3 Å². The number of aromatic nitrogens is 2. The lowest BCUT2D eigenvalue weighted by Gasteiger charge is -2.31. The molecule has 0 saturated carbocycles. The molecule has 8 heteroatoms. The van der Waals surface area contributed by atoms with Crippen LogP contribution in [0.15, 0.2) is 22.8 Å². The Balaban J connectivity index is 1.56. The molecule has 0 aromatic carbocycles. The number of hydrogen-bond acceptors (Lipinski definition) is 5. The van der Waals surface area contributed by atoms with Crippen molar-refractivity contribution in [2.24, 2.45) is 11.8 Å². The monoisotopic (exact) mass is 464 g/mol. The van der Waals surface area contributed by atoms with Gasteiger partial charge in [0.1, 0.15) is 10.7 Å². The highest BCUT2D eigenvalue weighted by molar-refractivity contribution is 9.10. The number of anilines is 1. The van der Waals surface area contributed by atoms with Gasteiger partial charge in [-0.2, -0.15) is 0 Å². The second-order valence-electron chi connectivity index (χ2n) is 7.54. The first-order valence-corrected chi connectivity index (χ1v) is 11.1. The van der Waals surface area contributed by atoms with Crippen LogP contribution >= 0.6 is 27.3 Å². The summed E-state index contributed by atoms with van der Waals surface area (Å²) >= 11 is 4.84. The maximum absolute atomic E-state index is 12.9. The van der Waals surface area contributed by atoms with Gasteiger partial charge in [0, 0.05) is 36.1 Å². The average molecular weight is 465 g/mol.